The van der Waals surface area contributed by atoms with E-state index in [4.69, 9.17) is 4.74 Å². The molecule has 0 bridgehead atoms. The quantitative estimate of drug-likeness (QED) is 0.682. The van der Waals surface area contributed by atoms with Gasteiger partial charge < -0.3 is 10.1 Å². The SMILES string of the molecule is C[C@H](Oc1ccc(F)cc1)C(=O)NNC(=O)c1ccc2c(c1)NC(=O)[C@@H](C)S2. The van der Waals surface area contributed by atoms with Gasteiger partial charge in [-0.2, -0.15) is 0 Å². The van der Waals surface area contributed by atoms with Crippen LogP contribution in [0.3, 0.4) is 0 Å². The number of hydrogen-bond donors (Lipinski definition) is 3. The fourth-order valence-corrected chi connectivity index (χ4v) is 3.34. The molecule has 0 saturated heterocycles. The van der Waals surface area contributed by atoms with Gasteiger partial charge in [-0.15, -0.1) is 11.8 Å². The first-order valence-corrected chi connectivity index (χ1v) is 9.35. The molecule has 28 heavy (non-hydrogen) atoms. The van der Waals surface area contributed by atoms with Crippen LogP contribution in [0.15, 0.2) is 47.4 Å². The van der Waals surface area contributed by atoms with Crippen molar-refractivity contribution in [2.45, 2.75) is 30.1 Å². The second kappa shape index (κ2) is 8.30. The molecule has 0 fully saturated rings. The summed E-state index contributed by atoms with van der Waals surface area (Å²) in [6, 6.07) is 10.1. The highest BCUT2D eigenvalue weighted by molar-refractivity contribution is 8.00. The molecule has 3 rings (SSSR count). The lowest BCUT2D eigenvalue weighted by Crippen LogP contribution is -2.47. The Labute approximate surface area is 165 Å². The highest BCUT2D eigenvalue weighted by Crippen LogP contribution is 2.35. The van der Waals surface area contributed by atoms with Crippen LogP contribution < -0.4 is 20.9 Å². The van der Waals surface area contributed by atoms with E-state index in [1.165, 1.54) is 43.0 Å². The zero-order valence-corrected chi connectivity index (χ0v) is 15.9. The molecule has 2 atom stereocenters. The normalized spacial score (nSPS) is 16.4. The molecular formula is C19H18FN3O4S. The predicted octanol–water partition coefficient (Wildman–Crippen LogP) is 2.49. The molecule has 0 spiro atoms. The van der Waals surface area contributed by atoms with Crippen LogP contribution in [0.1, 0.15) is 24.2 Å². The van der Waals surface area contributed by atoms with Crippen molar-refractivity contribution in [3.63, 3.8) is 0 Å². The van der Waals surface area contributed by atoms with Gasteiger partial charge in [-0.1, -0.05) is 0 Å². The summed E-state index contributed by atoms with van der Waals surface area (Å²) in [7, 11) is 0. The molecule has 9 heteroatoms. The monoisotopic (exact) mass is 403 g/mol. The van der Waals surface area contributed by atoms with Crippen molar-refractivity contribution in [2.24, 2.45) is 0 Å². The zero-order valence-electron chi connectivity index (χ0n) is 15.1. The van der Waals surface area contributed by atoms with Gasteiger partial charge in [-0.3, -0.25) is 25.2 Å². The van der Waals surface area contributed by atoms with Crippen LogP contribution in [0.5, 0.6) is 5.75 Å². The van der Waals surface area contributed by atoms with Gasteiger partial charge in [0.25, 0.3) is 11.8 Å². The van der Waals surface area contributed by atoms with Gasteiger partial charge >= 0.3 is 0 Å². The van der Waals surface area contributed by atoms with Gasteiger partial charge in [0, 0.05) is 10.5 Å². The first-order valence-electron chi connectivity index (χ1n) is 8.47. The van der Waals surface area contributed by atoms with Gasteiger partial charge in [0.1, 0.15) is 11.6 Å². The zero-order chi connectivity index (χ0) is 20.3. The van der Waals surface area contributed by atoms with E-state index in [0.29, 0.717) is 11.4 Å². The number of ether oxygens (including phenoxy) is 1. The summed E-state index contributed by atoms with van der Waals surface area (Å²) < 4.78 is 18.3. The van der Waals surface area contributed by atoms with Crippen molar-refractivity contribution in [2.75, 3.05) is 5.32 Å². The third kappa shape index (κ3) is 4.61. The van der Waals surface area contributed by atoms with Gasteiger partial charge in [-0.05, 0) is 56.3 Å². The summed E-state index contributed by atoms with van der Waals surface area (Å²) in [5.41, 5.74) is 5.42. The lowest BCUT2D eigenvalue weighted by Gasteiger charge is -2.21. The number of halogens is 1. The molecule has 146 valence electrons. The summed E-state index contributed by atoms with van der Waals surface area (Å²) >= 11 is 1.41. The highest BCUT2D eigenvalue weighted by atomic mass is 32.2. The highest BCUT2D eigenvalue weighted by Gasteiger charge is 2.24. The minimum atomic E-state index is -0.911. The summed E-state index contributed by atoms with van der Waals surface area (Å²) in [4.78, 5) is 37.0. The third-order valence-corrected chi connectivity index (χ3v) is 5.15. The number of fused-ring (bicyclic) bond motifs is 1. The second-order valence-corrected chi connectivity index (χ2v) is 7.50. The lowest BCUT2D eigenvalue weighted by molar-refractivity contribution is -0.128. The van der Waals surface area contributed by atoms with Gasteiger partial charge in [0.15, 0.2) is 6.10 Å². The largest absolute Gasteiger partial charge is 0.481 e. The molecule has 0 saturated carbocycles. The minimum absolute atomic E-state index is 0.130. The average Bonchev–Trinajstić information content (AvgIpc) is 2.68. The van der Waals surface area contributed by atoms with Crippen molar-refractivity contribution in [3.05, 3.63) is 53.8 Å². The number of carbonyl (C=O) groups is 3. The maximum atomic E-state index is 12.9. The summed E-state index contributed by atoms with van der Waals surface area (Å²) in [5.74, 6) is -1.33. The van der Waals surface area contributed by atoms with Crippen molar-refractivity contribution < 1.29 is 23.5 Å². The Kier molecular flexibility index (Phi) is 5.84. The molecular weight excluding hydrogens is 385 g/mol. The third-order valence-electron chi connectivity index (χ3n) is 3.97. The van der Waals surface area contributed by atoms with Crippen LogP contribution in [0, 0.1) is 5.82 Å². The smallest absolute Gasteiger partial charge is 0.279 e. The Morgan fingerprint density at radius 3 is 2.61 bits per heavy atom. The molecule has 1 aliphatic heterocycles. The number of hydrazine groups is 1. The Bertz CT molecular complexity index is 920. The maximum absolute atomic E-state index is 12.9. The van der Waals surface area contributed by atoms with E-state index in [0.717, 1.165) is 4.90 Å². The molecule has 7 nitrogen and oxygen atoms in total. The number of thioether (sulfide) groups is 1. The summed E-state index contributed by atoms with van der Waals surface area (Å²) in [6.45, 7) is 3.30. The van der Waals surface area contributed by atoms with Crippen LogP contribution in [-0.4, -0.2) is 29.1 Å². The molecule has 2 aromatic rings. The Morgan fingerprint density at radius 1 is 1.18 bits per heavy atom. The fourth-order valence-electron chi connectivity index (χ4n) is 2.41. The topological polar surface area (TPSA) is 96.5 Å². The number of anilines is 1. The Morgan fingerprint density at radius 2 is 1.89 bits per heavy atom. The number of nitrogens with one attached hydrogen (secondary N) is 3. The van der Waals surface area contributed by atoms with Crippen LogP contribution in [-0.2, 0) is 9.59 Å². The molecule has 1 aliphatic rings. The Hall–Kier alpha value is -3.07. The fraction of sp³-hybridized carbons (Fsp3) is 0.211. The maximum Gasteiger partial charge on any atom is 0.279 e. The van der Waals surface area contributed by atoms with Gasteiger partial charge in [-0.25, -0.2) is 4.39 Å². The van der Waals surface area contributed by atoms with Gasteiger partial charge in [0.2, 0.25) is 5.91 Å². The number of amides is 3. The molecule has 3 N–H and O–H groups in total. The van der Waals surface area contributed by atoms with Crippen LogP contribution in [0.4, 0.5) is 10.1 Å². The second-order valence-electron chi connectivity index (χ2n) is 6.12. The van der Waals surface area contributed by atoms with Crippen molar-refractivity contribution >= 4 is 35.2 Å². The van der Waals surface area contributed by atoms with E-state index < -0.39 is 23.7 Å². The molecule has 3 amide bonds. The molecule has 0 aromatic heterocycles. The summed E-state index contributed by atoms with van der Waals surface area (Å²) in [6.07, 6.45) is -0.911. The molecule has 0 radical (unpaired) electrons. The van der Waals surface area contributed by atoms with Gasteiger partial charge in [0.05, 0.1) is 10.9 Å². The standard InChI is InChI=1S/C19H18FN3O4S/c1-10(27-14-6-4-13(20)5-7-14)17(24)22-23-19(26)12-3-8-16-15(9-12)21-18(25)11(2)28-16/h3-11H,1-2H3,(H,21,25)(H,22,24)(H,23,26)/t10-,11+/m0/s1. The van der Waals surface area contributed by atoms with E-state index >= 15 is 0 Å². The van der Waals surface area contributed by atoms with Crippen LogP contribution in [0.25, 0.3) is 0 Å². The minimum Gasteiger partial charge on any atom is -0.481 e. The van der Waals surface area contributed by atoms with E-state index in [9.17, 15) is 18.8 Å². The van der Waals surface area contributed by atoms with Crippen molar-refractivity contribution in [1.29, 1.82) is 0 Å². The van der Waals surface area contributed by atoms with E-state index in [-0.39, 0.29) is 16.7 Å². The lowest BCUT2D eigenvalue weighted by atomic mass is 10.2. The number of carbonyl (C=O) groups excluding carboxylic acids is 3. The number of hydrogen-bond acceptors (Lipinski definition) is 5. The predicted molar refractivity (Wildman–Crippen MR) is 102 cm³/mol. The molecule has 0 aliphatic carbocycles. The molecule has 0 unspecified atom stereocenters. The van der Waals surface area contributed by atoms with Crippen molar-refractivity contribution in [1.82, 2.24) is 10.9 Å². The average molecular weight is 403 g/mol. The number of rotatable bonds is 4. The number of benzene rings is 2. The molecule has 1 heterocycles. The van der Waals surface area contributed by atoms with Crippen LogP contribution in [0.2, 0.25) is 0 Å². The first kappa shape index (κ1) is 19.7. The van der Waals surface area contributed by atoms with Crippen molar-refractivity contribution in [3.8, 4) is 5.75 Å². The molecule has 2 aromatic carbocycles. The van der Waals surface area contributed by atoms with Crippen LogP contribution >= 0.6 is 11.8 Å². The van der Waals surface area contributed by atoms with E-state index in [1.54, 1.807) is 25.1 Å². The van der Waals surface area contributed by atoms with E-state index in [2.05, 4.69) is 16.2 Å². The summed E-state index contributed by atoms with van der Waals surface area (Å²) in [5, 5.41) is 2.55. The first-order chi connectivity index (χ1) is 13.3. The van der Waals surface area contributed by atoms with E-state index in [1.807, 2.05) is 0 Å². The Balaban J connectivity index is 1.56.